The molecule has 0 saturated carbocycles. The molecule has 2 N–H and O–H groups in total. The average molecular weight is 402 g/mol. The van der Waals surface area contributed by atoms with Gasteiger partial charge in [-0.2, -0.15) is 0 Å². The van der Waals surface area contributed by atoms with Crippen molar-refractivity contribution < 1.29 is 14.3 Å². The Morgan fingerprint density at radius 3 is 2.17 bits per heavy atom. The minimum absolute atomic E-state index is 0.0564. The first kappa shape index (κ1) is 21.1. The number of carbonyl (C=O) groups excluding carboxylic acids is 2. The Kier molecular flexibility index (Phi) is 7.22. The second-order valence-corrected chi connectivity index (χ2v) is 7.04. The van der Waals surface area contributed by atoms with E-state index in [2.05, 4.69) is 10.6 Å². The fourth-order valence-electron chi connectivity index (χ4n) is 3.00. The molecule has 154 valence electrons. The minimum Gasteiger partial charge on any atom is -0.483 e. The number of amides is 2. The van der Waals surface area contributed by atoms with Crippen LogP contribution in [0.3, 0.4) is 0 Å². The first-order valence-corrected chi connectivity index (χ1v) is 9.94. The molecular weight excluding hydrogens is 376 g/mol. The van der Waals surface area contributed by atoms with Crippen LogP contribution in [0.15, 0.2) is 72.8 Å². The second-order valence-electron chi connectivity index (χ2n) is 7.04. The fraction of sp³-hybridized carbons (Fsp3) is 0.200. The lowest BCUT2D eigenvalue weighted by molar-refractivity contribution is -0.123. The Morgan fingerprint density at radius 2 is 1.43 bits per heavy atom. The van der Waals surface area contributed by atoms with Crippen molar-refractivity contribution in [1.29, 1.82) is 0 Å². The van der Waals surface area contributed by atoms with Crippen LogP contribution in [0.1, 0.15) is 21.5 Å². The highest BCUT2D eigenvalue weighted by atomic mass is 16.5. The van der Waals surface area contributed by atoms with Crippen LogP contribution in [0, 0.1) is 13.8 Å². The number of hydrogen-bond donors (Lipinski definition) is 2. The molecule has 0 atom stereocenters. The van der Waals surface area contributed by atoms with Crippen molar-refractivity contribution in [1.82, 2.24) is 10.6 Å². The zero-order chi connectivity index (χ0) is 21.3. The molecular formula is C25H26N2O3. The van der Waals surface area contributed by atoms with Crippen molar-refractivity contribution in [2.45, 2.75) is 13.8 Å². The molecule has 0 radical (unpaired) electrons. The summed E-state index contributed by atoms with van der Waals surface area (Å²) in [7, 11) is 0. The van der Waals surface area contributed by atoms with Gasteiger partial charge in [-0.3, -0.25) is 9.59 Å². The highest BCUT2D eigenvalue weighted by Gasteiger charge is 2.08. The monoisotopic (exact) mass is 402 g/mol. The van der Waals surface area contributed by atoms with Crippen LogP contribution in [-0.4, -0.2) is 31.5 Å². The van der Waals surface area contributed by atoms with Crippen molar-refractivity contribution in [2.24, 2.45) is 0 Å². The maximum Gasteiger partial charge on any atom is 0.258 e. The van der Waals surface area contributed by atoms with Gasteiger partial charge in [0.1, 0.15) is 5.75 Å². The molecule has 0 aliphatic rings. The SMILES string of the molecule is Cc1cccc(OCC(=O)NCCNC(=O)c2ccc(-c3ccccc3)cc2)c1C. The van der Waals surface area contributed by atoms with Crippen molar-refractivity contribution in [3.05, 3.63) is 89.5 Å². The number of aryl methyl sites for hydroxylation is 1. The summed E-state index contributed by atoms with van der Waals surface area (Å²) >= 11 is 0. The summed E-state index contributed by atoms with van der Waals surface area (Å²) in [6.07, 6.45) is 0. The molecule has 0 spiro atoms. The maximum atomic E-state index is 12.3. The van der Waals surface area contributed by atoms with Crippen molar-refractivity contribution in [3.63, 3.8) is 0 Å². The molecule has 0 heterocycles. The number of ether oxygens (including phenoxy) is 1. The molecule has 5 heteroatoms. The van der Waals surface area contributed by atoms with Crippen LogP contribution in [0.2, 0.25) is 0 Å². The molecule has 0 fully saturated rings. The maximum absolute atomic E-state index is 12.3. The molecule has 0 bridgehead atoms. The quantitative estimate of drug-likeness (QED) is 0.562. The van der Waals surface area contributed by atoms with Crippen LogP contribution >= 0.6 is 0 Å². The molecule has 3 rings (SSSR count). The van der Waals surface area contributed by atoms with E-state index in [0.29, 0.717) is 24.4 Å². The lowest BCUT2D eigenvalue weighted by Crippen LogP contribution is -2.36. The predicted molar refractivity (Wildman–Crippen MR) is 119 cm³/mol. The van der Waals surface area contributed by atoms with Crippen molar-refractivity contribution in [2.75, 3.05) is 19.7 Å². The third kappa shape index (κ3) is 5.70. The minimum atomic E-state index is -0.225. The van der Waals surface area contributed by atoms with E-state index < -0.39 is 0 Å². The van der Waals surface area contributed by atoms with E-state index in [1.807, 2.05) is 74.5 Å². The van der Waals surface area contributed by atoms with Gasteiger partial charge in [-0.05, 0) is 54.3 Å². The van der Waals surface area contributed by atoms with Crippen molar-refractivity contribution in [3.8, 4) is 16.9 Å². The highest BCUT2D eigenvalue weighted by Crippen LogP contribution is 2.20. The van der Waals surface area contributed by atoms with Crippen LogP contribution < -0.4 is 15.4 Å². The molecule has 5 nitrogen and oxygen atoms in total. The van der Waals surface area contributed by atoms with E-state index in [9.17, 15) is 9.59 Å². The summed E-state index contributed by atoms with van der Waals surface area (Å²) in [5, 5.41) is 5.56. The van der Waals surface area contributed by atoms with Gasteiger partial charge in [-0.1, -0.05) is 54.6 Å². The van der Waals surface area contributed by atoms with Crippen LogP contribution in [-0.2, 0) is 4.79 Å². The van der Waals surface area contributed by atoms with Gasteiger partial charge < -0.3 is 15.4 Å². The molecule has 0 aliphatic heterocycles. The normalized spacial score (nSPS) is 10.3. The van der Waals surface area contributed by atoms with E-state index in [1.165, 1.54) is 0 Å². The number of hydrogen-bond acceptors (Lipinski definition) is 3. The predicted octanol–water partition coefficient (Wildman–Crippen LogP) is 3.90. The first-order valence-electron chi connectivity index (χ1n) is 9.94. The number of rotatable bonds is 8. The van der Waals surface area contributed by atoms with Gasteiger partial charge in [0.15, 0.2) is 6.61 Å². The lowest BCUT2D eigenvalue weighted by atomic mass is 10.0. The number of nitrogens with one attached hydrogen (secondary N) is 2. The van der Waals surface area contributed by atoms with E-state index >= 15 is 0 Å². The molecule has 3 aromatic carbocycles. The Balaban J connectivity index is 1.39. The number of benzene rings is 3. The van der Waals surface area contributed by atoms with Gasteiger partial charge in [0.05, 0.1) is 0 Å². The fourth-order valence-corrected chi connectivity index (χ4v) is 3.00. The second kappa shape index (κ2) is 10.3. The van der Waals surface area contributed by atoms with Crippen LogP contribution in [0.25, 0.3) is 11.1 Å². The van der Waals surface area contributed by atoms with Gasteiger partial charge in [-0.15, -0.1) is 0 Å². The van der Waals surface area contributed by atoms with Crippen molar-refractivity contribution >= 4 is 11.8 Å². The summed E-state index contributed by atoms with van der Waals surface area (Å²) in [4.78, 5) is 24.2. The van der Waals surface area contributed by atoms with E-state index in [-0.39, 0.29) is 18.4 Å². The summed E-state index contributed by atoms with van der Waals surface area (Å²) in [6, 6.07) is 23.2. The topological polar surface area (TPSA) is 67.4 Å². The van der Waals surface area contributed by atoms with Crippen LogP contribution in [0.4, 0.5) is 0 Å². The van der Waals surface area contributed by atoms with Gasteiger partial charge in [0.2, 0.25) is 0 Å². The summed E-state index contributed by atoms with van der Waals surface area (Å²) in [5.41, 5.74) is 4.89. The molecule has 30 heavy (non-hydrogen) atoms. The molecule has 2 amide bonds. The molecule has 3 aromatic rings. The zero-order valence-corrected chi connectivity index (χ0v) is 17.3. The standard InChI is InChI=1S/C25H26N2O3/c1-18-7-6-10-23(19(18)2)30-17-24(28)26-15-16-27-25(29)22-13-11-21(12-14-22)20-8-4-3-5-9-20/h3-14H,15-17H2,1-2H3,(H,26,28)(H,27,29). The third-order valence-corrected chi connectivity index (χ3v) is 4.90. The van der Waals surface area contributed by atoms with Gasteiger partial charge in [-0.25, -0.2) is 0 Å². The smallest absolute Gasteiger partial charge is 0.258 e. The Hall–Kier alpha value is -3.60. The largest absolute Gasteiger partial charge is 0.483 e. The van der Waals surface area contributed by atoms with E-state index in [0.717, 1.165) is 22.3 Å². The average Bonchev–Trinajstić information content (AvgIpc) is 2.78. The Labute approximate surface area is 177 Å². The summed E-state index contributed by atoms with van der Waals surface area (Å²) in [5.74, 6) is 0.310. The summed E-state index contributed by atoms with van der Waals surface area (Å²) < 4.78 is 5.58. The number of carbonyl (C=O) groups is 2. The first-order chi connectivity index (χ1) is 14.5. The van der Waals surface area contributed by atoms with Gasteiger partial charge in [0.25, 0.3) is 11.8 Å². The van der Waals surface area contributed by atoms with Gasteiger partial charge in [0, 0.05) is 18.7 Å². The van der Waals surface area contributed by atoms with Gasteiger partial charge >= 0.3 is 0 Å². The molecule has 0 aromatic heterocycles. The Morgan fingerprint density at radius 1 is 0.767 bits per heavy atom. The van der Waals surface area contributed by atoms with Crippen LogP contribution in [0.5, 0.6) is 5.75 Å². The highest BCUT2D eigenvalue weighted by molar-refractivity contribution is 5.94. The Bertz CT molecular complexity index is 999. The third-order valence-electron chi connectivity index (χ3n) is 4.90. The molecule has 0 aliphatic carbocycles. The lowest BCUT2D eigenvalue weighted by Gasteiger charge is -2.11. The van der Waals surface area contributed by atoms with E-state index in [1.54, 1.807) is 12.1 Å². The van der Waals surface area contributed by atoms with E-state index in [4.69, 9.17) is 4.74 Å². The zero-order valence-electron chi connectivity index (χ0n) is 17.3. The molecule has 0 unspecified atom stereocenters. The molecule has 0 saturated heterocycles. The summed E-state index contributed by atoms with van der Waals surface area (Å²) in [6.45, 7) is 4.58.